The molecule has 0 spiro atoms. The van der Waals surface area contributed by atoms with Gasteiger partial charge in [0.25, 0.3) is 0 Å². The standard InChI is InChI=1S/C20H24F3N3O2/c1-3-24-20(26-12-17(27)15-6-4-5-7-16(15)21)25-11-14-10-13(2)8-9-18(14)28-19(22)23/h4-10,17,19,27H,3,11-12H2,1-2H3,(H2,24,25,26). The smallest absolute Gasteiger partial charge is 0.387 e. The molecule has 2 rings (SSSR count). The van der Waals surface area contributed by atoms with Crippen LogP contribution in [-0.4, -0.2) is 30.8 Å². The number of halogens is 3. The molecule has 1 unspecified atom stereocenters. The number of nitrogens with one attached hydrogen (secondary N) is 2. The third-order valence-corrected chi connectivity index (χ3v) is 3.91. The summed E-state index contributed by atoms with van der Waals surface area (Å²) in [7, 11) is 0. The third kappa shape index (κ3) is 6.45. The van der Waals surface area contributed by atoms with E-state index in [2.05, 4.69) is 20.4 Å². The molecule has 0 fully saturated rings. The Morgan fingerprint density at radius 3 is 2.61 bits per heavy atom. The van der Waals surface area contributed by atoms with Crippen LogP contribution in [0.4, 0.5) is 13.2 Å². The first kappa shape index (κ1) is 21.6. The Hall–Kier alpha value is -2.74. The average Bonchev–Trinajstić information content (AvgIpc) is 2.65. The Kier molecular flexibility index (Phi) is 8.13. The molecule has 2 aromatic carbocycles. The van der Waals surface area contributed by atoms with Gasteiger partial charge in [-0.15, -0.1) is 0 Å². The fraction of sp³-hybridized carbons (Fsp3) is 0.350. The molecule has 152 valence electrons. The van der Waals surface area contributed by atoms with Crippen molar-refractivity contribution < 1.29 is 23.0 Å². The van der Waals surface area contributed by atoms with Gasteiger partial charge in [-0.2, -0.15) is 8.78 Å². The van der Waals surface area contributed by atoms with Crippen molar-refractivity contribution in [1.29, 1.82) is 0 Å². The Labute approximate surface area is 162 Å². The van der Waals surface area contributed by atoms with Crippen molar-refractivity contribution in [3.8, 4) is 5.75 Å². The molecule has 5 nitrogen and oxygen atoms in total. The lowest BCUT2D eigenvalue weighted by atomic mass is 10.1. The van der Waals surface area contributed by atoms with Crippen molar-refractivity contribution in [2.45, 2.75) is 33.1 Å². The molecule has 8 heteroatoms. The van der Waals surface area contributed by atoms with E-state index >= 15 is 0 Å². The van der Waals surface area contributed by atoms with E-state index in [4.69, 9.17) is 0 Å². The summed E-state index contributed by atoms with van der Waals surface area (Å²) in [4.78, 5) is 4.35. The van der Waals surface area contributed by atoms with Crippen LogP contribution in [0.1, 0.15) is 29.7 Å². The van der Waals surface area contributed by atoms with Gasteiger partial charge < -0.3 is 20.5 Å². The molecule has 0 radical (unpaired) electrons. The van der Waals surface area contributed by atoms with Gasteiger partial charge in [0.1, 0.15) is 11.6 Å². The monoisotopic (exact) mass is 395 g/mol. The fourth-order valence-electron chi connectivity index (χ4n) is 2.60. The van der Waals surface area contributed by atoms with Gasteiger partial charge >= 0.3 is 6.61 Å². The molecule has 0 saturated carbocycles. The summed E-state index contributed by atoms with van der Waals surface area (Å²) in [6.07, 6.45) is -1.07. The zero-order valence-corrected chi connectivity index (χ0v) is 15.8. The molecular weight excluding hydrogens is 371 g/mol. The maximum absolute atomic E-state index is 13.8. The number of guanidine groups is 1. The summed E-state index contributed by atoms with van der Waals surface area (Å²) in [6.45, 7) is 1.45. The zero-order chi connectivity index (χ0) is 20.5. The van der Waals surface area contributed by atoms with E-state index in [1.54, 1.807) is 24.3 Å². The number of aliphatic imine (C=N–C) groups is 1. The van der Waals surface area contributed by atoms with Crippen molar-refractivity contribution in [2.75, 3.05) is 13.1 Å². The number of ether oxygens (including phenoxy) is 1. The highest BCUT2D eigenvalue weighted by Crippen LogP contribution is 2.23. The second kappa shape index (κ2) is 10.6. The van der Waals surface area contributed by atoms with E-state index in [1.807, 2.05) is 13.8 Å². The lowest BCUT2D eigenvalue weighted by Crippen LogP contribution is -2.39. The first-order valence-electron chi connectivity index (χ1n) is 8.89. The van der Waals surface area contributed by atoms with Gasteiger partial charge in [0.05, 0.1) is 12.6 Å². The van der Waals surface area contributed by atoms with E-state index in [0.717, 1.165) is 5.56 Å². The predicted molar refractivity (Wildman–Crippen MR) is 102 cm³/mol. The van der Waals surface area contributed by atoms with Gasteiger partial charge in [-0.05, 0) is 26.0 Å². The van der Waals surface area contributed by atoms with Crippen LogP contribution >= 0.6 is 0 Å². The molecule has 3 N–H and O–H groups in total. The molecule has 0 aromatic heterocycles. The number of nitrogens with zero attached hydrogens (tertiary/aromatic N) is 1. The van der Waals surface area contributed by atoms with Crippen LogP contribution in [0.3, 0.4) is 0 Å². The summed E-state index contributed by atoms with van der Waals surface area (Å²) in [5.41, 5.74) is 1.57. The highest BCUT2D eigenvalue weighted by molar-refractivity contribution is 5.79. The van der Waals surface area contributed by atoms with Crippen molar-refractivity contribution in [2.24, 2.45) is 4.99 Å². The van der Waals surface area contributed by atoms with Crippen LogP contribution in [0.15, 0.2) is 47.5 Å². The summed E-state index contributed by atoms with van der Waals surface area (Å²) in [6, 6.07) is 10.9. The van der Waals surface area contributed by atoms with Crippen LogP contribution < -0.4 is 15.4 Å². The zero-order valence-electron chi connectivity index (χ0n) is 15.8. The summed E-state index contributed by atoms with van der Waals surface area (Å²) in [5.74, 6) is -0.0683. The minimum absolute atomic E-state index is 0.0287. The number of aliphatic hydroxyl groups is 1. The third-order valence-electron chi connectivity index (χ3n) is 3.91. The van der Waals surface area contributed by atoms with Crippen molar-refractivity contribution >= 4 is 5.96 Å². The minimum Gasteiger partial charge on any atom is -0.434 e. The largest absolute Gasteiger partial charge is 0.434 e. The van der Waals surface area contributed by atoms with Gasteiger partial charge in [0, 0.05) is 24.2 Å². The Balaban J connectivity index is 2.08. The van der Waals surface area contributed by atoms with Gasteiger partial charge in [-0.3, -0.25) is 0 Å². The van der Waals surface area contributed by atoms with E-state index in [0.29, 0.717) is 18.1 Å². The van der Waals surface area contributed by atoms with Crippen molar-refractivity contribution in [1.82, 2.24) is 10.6 Å². The fourth-order valence-corrected chi connectivity index (χ4v) is 2.60. The number of benzene rings is 2. The lowest BCUT2D eigenvalue weighted by molar-refractivity contribution is -0.0504. The van der Waals surface area contributed by atoms with Crippen LogP contribution in [0.5, 0.6) is 5.75 Å². The Bertz CT molecular complexity index is 800. The highest BCUT2D eigenvalue weighted by atomic mass is 19.3. The number of hydrogen-bond donors (Lipinski definition) is 3. The molecule has 2 aromatic rings. The molecule has 0 bridgehead atoms. The highest BCUT2D eigenvalue weighted by Gasteiger charge is 2.13. The second-order valence-corrected chi connectivity index (χ2v) is 6.10. The summed E-state index contributed by atoms with van der Waals surface area (Å²) >= 11 is 0. The molecular formula is C20H24F3N3O2. The molecule has 0 heterocycles. The second-order valence-electron chi connectivity index (χ2n) is 6.10. The molecule has 0 amide bonds. The summed E-state index contributed by atoms with van der Waals surface area (Å²) in [5, 5.41) is 16.1. The van der Waals surface area contributed by atoms with Crippen molar-refractivity contribution in [3.05, 3.63) is 65.0 Å². The maximum atomic E-state index is 13.8. The number of aliphatic hydroxyl groups excluding tert-OH is 1. The van der Waals surface area contributed by atoms with E-state index in [9.17, 15) is 18.3 Å². The van der Waals surface area contributed by atoms with Gasteiger partial charge in [0.15, 0.2) is 5.96 Å². The molecule has 0 aliphatic carbocycles. The van der Waals surface area contributed by atoms with Crippen LogP contribution in [0, 0.1) is 12.7 Å². The van der Waals surface area contributed by atoms with Gasteiger partial charge in [0.2, 0.25) is 0 Å². The van der Waals surface area contributed by atoms with Crippen LogP contribution in [0.25, 0.3) is 0 Å². The molecule has 1 atom stereocenters. The van der Waals surface area contributed by atoms with Crippen LogP contribution in [-0.2, 0) is 6.54 Å². The quantitative estimate of drug-likeness (QED) is 0.473. The first-order chi connectivity index (χ1) is 13.4. The number of aryl methyl sites for hydroxylation is 1. The average molecular weight is 395 g/mol. The SMILES string of the molecule is CCNC(=NCc1cc(C)ccc1OC(F)F)NCC(O)c1ccccc1F. The Morgan fingerprint density at radius 2 is 1.93 bits per heavy atom. The molecule has 0 aliphatic rings. The van der Waals surface area contributed by atoms with Crippen LogP contribution in [0.2, 0.25) is 0 Å². The lowest BCUT2D eigenvalue weighted by Gasteiger charge is -2.16. The maximum Gasteiger partial charge on any atom is 0.387 e. The minimum atomic E-state index is -2.92. The van der Waals surface area contributed by atoms with E-state index in [-0.39, 0.29) is 24.4 Å². The summed E-state index contributed by atoms with van der Waals surface area (Å²) < 4.78 is 43.5. The van der Waals surface area contributed by atoms with Crippen molar-refractivity contribution in [3.63, 3.8) is 0 Å². The number of rotatable bonds is 8. The molecule has 0 saturated heterocycles. The first-order valence-corrected chi connectivity index (χ1v) is 8.89. The van der Waals surface area contributed by atoms with Gasteiger partial charge in [-0.25, -0.2) is 9.38 Å². The predicted octanol–water partition coefficient (Wildman–Crippen LogP) is 3.52. The number of hydrogen-bond acceptors (Lipinski definition) is 3. The molecule has 28 heavy (non-hydrogen) atoms. The Morgan fingerprint density at radius 1 is 1.18 bits per heavy atom. The van der Waals surface area contributed by atoms with E-state index < -0.39 is 18.5 Å². The molecule has 0 aliphatic heterocycles. The van der Waals surface area contributed by atoms with E-state index in [1.165, 1.54) is 18.2 Å². The number of alkyl halides is 2. The topological polar surface area (TPSA) is 65.9 Å². The normalized spacial score (nSPS) is 12.8. The van der Waals surface area contributed by atoms with Gasteiger partial charge in [-0.1, -0.05) is 35.9 Å².